The summed E-state index contributed by atoms with van der Waals surface area (Å²) >= 11 is 0. The van der Waals surface area contributed by atoms with E-state index >= 15 is 0 Å². The quantitative estimate of drug-likeness (QED) is 0.782. The molecule has 1 aromatic carbocycles. The summed E-state index contributed by atoms with van der Waals surface area (Å²) in [7, 11) is -3.40. The Hall–Kier alpha value is -1.44. The second-order valence-electron chi connectivity index (χ2n) is 5.12. The molecule has 2 N–H and O–H groups in total. The molecule has 0 radical (unpaired) electrons. The van der Waals surface area contributed by atoms with Crippen molar-refractivity contribution in [3.63, 3.8) is 0 Å². The molecule has 1 heterocycles. The smallest absolute Gasteiger partial charge is 0.252 e. The van der Waals surface area contributed by atoms with Crippen LogP contribution in [-0.4, -0.2) is 64.7 Å². The minimum atomic E-state index is -3.40. The molecule has 7 heteroatoms. The molecule has 0 aromatic heterocycles. The van der Waals surface area contributed by atoms with Gasteiger partial charge < -0.3 is 10.6 Å². The van der Waals surface area contributed by atoms with E-state index in [4.69, 9.17) is 0 Å². The Morgan fingerprint density at radius 1 is 1.29 bits per heavy atom. The molecule has 116 valence electrons. The van der Waals surface area contributed by atoms with E-state index < -0.39 is 9.84 Å². The molecular formula is C14H21N3O3S. The lowest BCUT2D eigenvalue weighted by molar-refractivity contribution is 0.0944. The summed E-state index contributed by atoms with van der Waals surface area (Å²) in [6, 6.07) is 6.28. The SMILES string of the molecule is CS(=O)(=O)c1ccccc1C(=O)NCCN1CCNCC1. The number of sulfone groups is 1. The maximum Gasteiger partial charge on any atom is 0.252 e. The van der Waals surface area contributed by atoms with Gasteiger partial charge in [0.1, 0.15) is 0 Å². The van der Waals surface area contributed by atoms with Crippen molar-refractivity contribution in [3.05, 3.63) is 29.8 Å². The highest BCUT2D eigenvalue weighted by Gasteiger charge is 2.18. The number of nitrogens with one attached hydrogen (secondary N) is 2. The van der Waals surface area contributed by atoms with Gasteiger partial charge in [0.2, 0.25) is 0 Å². The largest absolute Gasteiger partial charge is 0.351 e. The standard InChI is InChI=1S/C14H21N3O3S/c1-21(19,20)13-5-3-2-4-12(13)14(18)16-8-11-17-9-6-15-7-10-17/h2-5,15H,6-11H2,1H3,(H,16,18). The zero-order valence-corrected chi connectivity index (χ0v) is 12.9. The fourth-order valence-corrected chi connectivity index (χ4v) is 3.22. The molecule has 0 bridgehead atoms. The molecular weight excluding hydrogens is 290 g/mol. The number of carbonyl (C=O) groups is 1. The van der Waals surface area contributed by atoms with Crippen molar-refractivity contribution in [2.24, 2.45) is 0 Å². The second-order valence-corrected chi connectivity index (χ2v) is 7.10. The van der Waals surface area contributed by atoms with Gasteiger partial charge in [0, 0.05) is 45.5 Å². The number of hydrogen-bond acceptors (Lipinski definition) is 5. The highest BCUT2D eigenvalue weighted by atomic mass is 32.2. The van der Waals surface area contributed by atoms with Gasteiger partial charge in [0.25, 0.3) is 5.91 Å². The molecule has 0 spiro atoms. The molecule has 6 nitrogen and oxygen atoms in total. The Labute approximate surface area is 125 Å². The van der Waals surface area contributed by atoms with E-state index in [1.165, 1.54) is 12.1 Å². The van der Waals surface area contributed by atoms with Crippen LogP contribution >= 0.6 is 0 Å². The third-order valence-electron chi connectivity index (χ3n) is 3.45. The van der Waals surface area contributed by atoms with Crippen LogP contribution in [0, 0.1) is 0 Å². The zero-order chi connectivity index (χ0) is 15.3. The Bertz CT molecular complexity index is 595. The van der Waals surface area contributed by atoms with Crippen LogP contribution in [0.5, 0.6) is 0 Å². The second kappa shape index (κ2) is 7.02. The Balaban J connectivity index is 1.94. The predicted octanol–water partition coefficient (Wildman–Crippen LogP) is -0.275. The summed E-state index contributed by atoms with van der Waals surface area (Å²) in [5.74, 6) is -0.342. The highest BCUT2D eigenvalue weighted by molar-refractivity contribution is 7.90. The number of benzene rings is 1. The minimum Gasteiger partial charge on any atom is -0.351 e. The number of rotatable bonds is 5. The van der Waals surface area contributed by atoms with Gasteiger partial charge in [-0.2, -0.15) is 0 Å². The van der Waals surface area contributed by atoms with E-state index in [9.17, 15) is 13.2 Å². The molecule has 1 aliphatic heterocycles. The number of hydrogen-bond donors (Lipinski definition) is 2. The number of nitrogens with zero attached hydrogens (tertiary/aromatic N) is 1. The van der Waals surface area contributed by atoms with Gasteiger partial charge in [0.05, 0.1) is 10.5 Å². The summed E-state index contributed by atoms with van der Waals surface area (Å²) in [6.07, 6.45) is 1.11. The van der Waals surface area contributed by atoms with Crippen LogP contribution in [-0.2, 0) is 9.84 Å². The molecule has 1 fully saturated rings. The van der Waals surface area contributed by atoms with E-state index in [2.05, 4.69) is 15.5 Å². The summed E-state index contributed by atoms with van der Waals surface area (Å²) in [6.45, 7) is 5.15. The topological polar surface area (TPSA) is 78.5 Å². The molecule has 0 aliphatic carbocycles. The van der Waals surface area contributed by atoms with Crippen LogP contribution in [0.3, 0.4) is 0 Å². The first kappa shape index (κ1) is 15.9. The fraction of sp³-hybridized carbons (Fsp3) is 0.500. The number of carbonyl (C=O) groups excluding carboxylic acids is 1. The van der Waals surface area contributed by atoms with Crippen molar-refractivity contribution in [1.82, 2.24) is 15.5 Å². The van der Waals surface area contributed by atoms with Gasteiger partial charge in [-0.05, 0) is 12.1 Å². The molecule has 1 saturated heterocycles. The molecule has 0 saturated carbocycles. The van der Waals surface area contributed by atoms with Gasteiger partial charge in [-0.3, -0.25) is 9.69 Å². The Morgan fingerprint density at radius 3 is 2.62 bits per heavy atom. The average molecular weight is 311 g/mol. The van der Waals surface area contributed by atoms with E-state index in [1.54, 1.807) is 12.1 Å². The molecule has 1 aliphatic rings. The summed E-state index contributed by atoms with van der Waals surface area (Å²) in [5, 5.41) is 6.06. The van der Waals surface area contributed by atoms with Crippen LogP contribution in [0.2, 0.25) is 0 Å². The van der Waals surface area contributed by atoms with Crippen molar-refractivity contribution < 1.29 is 13.2 Å². The third kappa shape index (κ3) is 4.52. The van der Waals surface area contributed by atoms with E-state index in [0.29, 0.717) is 6.54 Å². The van der Waals surface area contributed by atoms with Gasteiger partial charge in [-0.25, -0.2) is 8.42 Å². The van der Waals surface area contributed by atoms with Crippen LogP contribution in [0.1, 0.15) is 10.4 Å². The van der Waals surface area contributed by atoms with Gasteiger partial charge in [-0.15, -0.1) is 0 Å². The summed E-state index contributed by atoms with van der Waals surface area (Å²) in [4.78, 5) is 14.5. The van der Waals surface area contributed by atoms with Gasteiger partial charge in [0.15, 0.2) is 9.84 Å². The first-order valence-electron chi connectivity index (χ1n) is 6.99. The van der Waals surface area contributed by atoms with E-state index in [-0.39, 0.29) is 16.4 Å². The first-order chi connectivity index (χ1) is 9.98. The summed E-state index contributed by atoms with van der Waals surface area (Å²) in [5.41, 5.74) is 0.209. The molecule has 0 atom stereocenters. The Kier molecular flexibility index (Phi) is 5.33. The molecule has 2 rings (SSSR count). The fourth-order valence-electron chi connectivity index (χ4n) is 2.34. The maximum absolute atomic E-state index is 12.1. The molecule has 1 aromatic rings. The number of piperazine rings is 1. The van der Waals surface area contributed by atoms with Crippen molar-refractivity contribution in [3.8, 4) is 0 Å². The normalized spacial score (nSPS) is 16.6. The van der Waals surface area contributed by atoms with Crippen LogP contribution in [0.4, 0.5) is 0 Å². The van der Waals surface area contributed by atoms with Gasteiger partial charge >= 0.3 is 0 Å². The van der Waals surface area contributed by atoms with Crippen LogP contribution in [0.15, 0.2) is 29.2 Å². The van der Waals surface area contributed by atoms with Crippen molar-refractivity contribution >= 4 is 15.7 Å². The third-order valence-corrected chi connectivity index (χ3v) is 4.61. The molecule has 21 heavy (non-hydrogen) atoms. The molecule has 0 unspecified atom stereocenters. The maximum atomic E-state index is 12.1. The van der Waals surface area contributed by atoms with Crippen LogP contribution < -0.4 is 10.6 Å². The average Bonchev–Trinajstić information content (AvgIpc) is 2.47. The summed E-state index contributed by atoms with van der Waals surface area (Å²) < 4.78 is 23.4. The lowest BCUT2D eigenvalue weighted by Gasteiger charge is -2.27. The van der Waals surface area contributed by atoms with Crippen molar-refractivity contribution in [1.29, 1.82) is 0 Å². The monoisotopic (exact) mass is 311 g/mol. The Morgan fingerprint density at radius 2 is 1.95 bits per heavy atom. The van der Waals surface area contributed by atoms with E-state index in [0.717, 1.165) is 39.0 Å². The lowest BCUT2D eigenvalue weighted by atomic mass is 10.2. The lowest BCUT2D eigenvalue weighted by Crippen LogP contribution is -2.46. The zero-order valence-electron chi connectivity index (χ0n) is 12.1. The van der Waals surface area contributed by atoms with Crippen molar-refractivity contribution in [2.75, 3.05) is 45.5 Å². The molecule has 1 amide bonds. The van der Waals surface area contributed by atoms with Crippen molar-refractivity contribution in [2.45, 2.75) is 4.90 Å². The van der Waals surface area contributed by atoms with E-state index in [1.807, 2.05) is 0 Å². The van der Waals surface area contributed by atoms with Crippen LogP contribution in [0.25, 0.3) is 0 Å². The first-order valence-corrected chi connectivity index (χ1v) is 8.88. The minimum absolute atomic E-state index is 0.0738. The van der Waals surface area contributed by atoms with Gasteiger partial charge in [-0.1, -0.05) is 12.1 Å². The predicted molar refractivity (Wildman–Crippen MR) is 81.2 cm³/mol. The highest BCUT2D eigenvalue weighted by Crippen LogP contribution is 2.14. The number of amides is 1.